The number of carbonyl (C=O) groups excluding carboxylic acids is 1. The second-order valence-corrected chi connectivity index (χ2v) is 6.52. The van der Waals surface area contributed by atoms with Crippen molar-refractivity contribution in [3.63, 3.8) is 0 Å². The number of thioether (sulfide) groups is 1. The van der Waals surface area contributed by atoms with Crippen LogP contribution in [-0.2, 0) is 9.53 Å². The molecule has 0 spiro atoms. The Morgan fingerprint density at radius 1 is 1.15 bits per heavy atom. The topological polar surface area (TPSA) is 65.2 Å². The number of rotatable bonds is 6. The van der Waals surface area contributed by atoms with Crippen LogP contribution in [0.2, 0.25) is 0 Å². The first-order chi connectivity index (χ1) is 13.0. The molecule has 0 unspecified atom stereocenters. The van der Waals surface area contributed by atoms with Gasteiger partial charge in [0.25, 0.3) is 5.89 Å². The number of ether oxygens (including phenoxy) is 1. The van der Waals surface area contributed by atoms with Crippen LogP contribution in [0.15, 0.2) is 63.9 Å². The molecule has 27 heavy (non-hydrogen) atoms. The van der Waals surface area contributed by atoms with Gasteiger partial charge in [0.1, 0.15) is 5.82 Å². The third-order valence-corrected chi connectivity index (χ3v) is 4.44. The van der Waals surface area contributed by atoms with Crippen LogP contribution in [0.5, 0.6) is 0 Å². The summed E-state index contributed by atoms with van der Waals surface area (Å²) >= 11 is 1.65. The van der Waals surface area contributed by atoms with Gasteiger partial charge in [-0.1, -0.05) is 12.1 Å². The van der Waals surface area contributed by atoms with Crippen LogP contribution in [0.1, 0.15) is 24.5 Å². The van der Waals surface area contributed by atoms with Crippen molar-refractivity contribution in [3.8, 4) is 11.5 Å². The van der Waals surface area contributed by atoms with Crippen molar-refractivity contribution < 1.29 is 18.3 Å². The Morgan fingerprint density at radius 2 is 1.85 bits per heavy atom. The van der Waals surface area contributed by atoms with Gasteiger partial charge < -0.3 is 9.15 Å². The molecule has 0 saturated carbocycles. The molecular weight excluding hydrogens is 367 g/mol. The van der Waals surface area contributed by atoms with E-state index < -0.39 is 12.1 Å². The number of hydrogen-bond acceptors (Lipinski definition) is 6. The lowest BCUT2D eigenvalue weighted by molar-refractivity contribution is -0.143. The predicted octanol–water partition coefficient (Wildman–Crippen LogP) is 4.92. The molecule has 0 fully saturated rings. The van der Waals surface area contributed by atoms with Gasteiger partial charge in [0.15, 0.2) is 6.10 Å². The number of benzene rings is 2. The van der Waals surface area contributed by atoms with Gasteiger partial charge in [-0.05, 0) is 61.2 Å². The fraction of sp³-hybridized carbons (Fsp3) is 0.150. The van der Waals surface area contributed by atoms with Crippen molar-refractivity contribution in [1.82, 2.24) is 10.2 Å². The molecule has 1 atom stereocenters. The van der Waals surface area contributed by atoms with Crippen molar-refractivity contribution in [2.75, 3.05) is 6.26 Å². The highest BCUT2D eigenvalue weighted by atomic mass is 32.2. The quantitative estimate of drug-likeness (QED) is 0.342. The smallest absolute Gasteiger partial charge is 0.331 e. The zero-order chi connectivity index (χ0) is 19.2. The van der Waals surface area contributed by atoms with Crippen LogP contribution in [-0.4, -0.2) is 22.4 Å². The summed E-state index contributed by atoms with van der Waals surface area (Å²) in [5.74, 6) is -0.466. The molecule has 5 nitrogen and oxygen atoms in total. The second kappa shape index (κ2) is 8.64. The van der Waals surface area contributed by atoms with E-state index in [1.165, 1.54) is 30.3 Å². The molecule has 1 heterocycles. The highest BCUT2D eigenvalue weighted by Gasteiger charge is 2.18. The van der Waals surface area contributed by atoms with Gasteiger partial charge in [0.2, 0.25) is 5.89 Å². The van der Waals surface area contributed by atoms with Crippen molar-refractivity contribution in [3.05, 3.63) is 71.9 Å². The van der Waals surface area contributed by atoms with Gasteiger partial charge >= 0.3 is 5.97 Å². The standard InChI is InChI=1S/C20H17FN2O3S/c1-13(19-22-23-20(26-19)15-6-8-16(21)9-7-15)25-18(24)12-5-14-3-10-17(27-2)11-4-14/h3-13H,1-2H3/b12-5+/t13-/m0/s1. The minimum atomic E-state index is -0.706. The predicted molar refractivity (Wildman–Crippen MR) is 101 cm³/mol. The number of nitrogens with zero attached hydrogens (tertiary/aromatic N) is 2. The van der Waals surface area contributed by atoms with Crippen molar-refractivity contribution >= 4 is 23.8 Å². The average Bonchev–Trinajstić information content (AvgIpc) is 3.18. The van der Waals surface area contributed by atoms with Gasteiger partial charge in [-0.25, -0.2) is 9.18 Å². The van der Waals surface area contributed by atoms with Crippen LogP contribution in [0.3, 0.4) is 0 Å². The molecule has 0 aliphatic heterocycles. The summed E-state index contributed by atoms with van der Waals surface area (Å²) in [6.07, 6.45) is 4.32. The van der Waals surface area contributed by atoms with E-state index in [2.05, 4.69) is 10.2 Å². The van der Waals surface area contributed by atoms with Crippen molar-refractivity contribution in [1.29, 1.82) is 0 Å². The van der Waals surface area contributed by atoms with Gasteiger partial charge in [0.05, 0.1) is 0 Å². The lowest BCUT2D eigenvalue weighted by atomic mass is 10.2. The van der Waals surface area contributed by atoms with Crippen LogP contribution in [0.4, 0.5) is 4.39 Å². The third-order valence-electron chi connectivity index (χ3n) is 3.70. The lowest BCUT2D eigenvalue weighted by Crippen LogP contribution is -2.06. The first-order valence-electron chi connectivity index (χ1n) is 8.17. The highest BCUT2D eigenvalue weighted by Crippen LogP contribution is 2.23. The van der Waals surface area contributed by atoms with E-state index in [4.69, 9.17) is 9.15 Å². The monoisotopic (exact) mass is 384 g/mol. The molecule has 7 heteroatoms. The number of halogens is 1. The first-order valence-corrected chi connectivity index (χ1v) is 9.39. The van der Waals surface area contributed by atoms with Crippen molar-refractivity contribution in [2.45, 2.75) is 17.9 Å². The SMILES string of the molecule is CSc1ccc(/C=C/C(=O)O[C@@H](C)c2nnc(-c3ccc(F)cc3)o2)cc1. The average molecular weight is 384 g/mol. The Kier molecular flexibility index (Phi) is 6.03. The molecule has 2 aromatic carbocycles. The number of esters is 1. The fourth-order valence-corrected chi connectivity index (χ4v) is 2.66. The van der Waals surface area contributed by atoms with E-state index >= 15 is 0 Å². The van der Waals surface area contributed by atoms with Gasteiger partial charge in [-0.2, -0.15) is 0 Å². The summed E-state index contributed by atoms with van der Waals surface area (Å²) < 4.78 is 23.8. The molecule has 3 aromatic rings. The molecule has 1 aromatic heterocycles. The molecule has 0 bridgehead atoms. The summed E-state index contributed by atoms with van der Waals surface area (Å²) in [5, 5.41) is 7.80. The van der Waals surface area contributed by atoms with E-state index in [0.717, 1.165) is 10.5 Å². The van der Waals surface area contributed by atoms with Crippen LogP contribution in [0.25, 0.3) is 17.5 Å². The largest absolute Gasteiger partial charge is 0.449 e. The van der Waals surface area contributed by atoms with E-state index in [0.29, 0.717) is 5.56 Å². The van der Waals surface area contributed by atoms with Gasteiger partial charge in [-0.15, -0.1) is 22.0 Å². The minimum Gasteiger partial charge on any atom is -0.449 e. The Morgan fingerprint density at radius 3 is 2.52 bits per heavy atom. The maximum atomic E-state index is 13.0. The van der Waals surface area contributed by atoms with E-state index in [-0.39, 0.29) is 17.6 Å². The summed E-state index contributed by atoms with van der Waals surface area (Å²) in [6.45, 7) is 1.64. The Balaban J connectivity index is 1.61. The maximum absolute atomic E-state index is 13.0. The highest BCUT2D eigenvalue weighted by molar-refractivity contribution is 7.98. The Bertz CT molecular complexity index is 937. The van der Waals surface area contributed by atoms with Crippen LogP contribution >= 0.6 is 11.8 Å². The molecule has 0 aliphatic rings. The van der Waals surface area contributed by atoms with E-state index in [1.807, 2.05) is 30.5 Å². The zero-order valence-corrected chi connectivity index (χ0v) is 15.6. The number of carbonyl (C=O) groups is 1. The first kappa shape index (κ1) is 18.8. The van der Waals surface area contributed by atoms with E-state index in [9.17, 15) is 9.18 Å². The molecule has 3 rings (SSSR count). The fourth-order valence-electron chi connectivity index (χ4n) is 2.25. The van der Waals surface area contributed by atoms with Crippen LogP contribution < -0.4 is 0 Å². The molecule has 0 saturated heterocycles. The molecule has 0 amide bonds. The Hall–Kier alpha value is -2.93. The molecule has 0 radical (unpaired) electrons. The molecule has 0 N–H and O–H groups in total. The van der Waals surface area contributed by atoms with Crippen molar-refractivity contribution in [2.24, 2.45) is 0 Å². The number of aromatic nitrogens is 2. The number of hydrogen-bond donors (Lipinski definition) is 0. The van der Waals surface area contributed by atoms with E-state index in [1.54, 1.807) is 24.8 Å². The lowest BCUT2D eigenvalue weighted by Gasteiger charge is -2.06. The summed E-state index contributed by atoms with van der Waals surface area (Å²) in [7, 11) is 0. The summed E-state index contributed by atoms with van der Waals surface area (Å²) in [5.41, 5.74) is 1.48. The molecule has 0 aliphatic carbocycles. The maximum Gasteiger partial charge on any atom is 0.331 e. The molecule has 138 valence electrons. The van der Waals surface area contributed by atoms with Gasteiger partial charge in [-0.3, -0.25) is 0 Å². The Labute approximate surface area is 160 Å². The molecular formula is C20H17FN2O3S. The third kappa shape index (κ3) is 5.04. The zero-order valence-electron chi connectivity index (χ0n) is 14.8. The summed E-state index contributed by atoms with van der Waals surface area (Å²) in [6, 6.07) is 13.5. The normalized spacial score (nSPS) is 12.3. The minimum absolute atomic E-state index is 0.167. The summed E-state index contributed by atoms with van der Waals surface area (Å²) in [4.78, 5) is 13.1. The van der Waals surface area contributed by atoms with Gasteiger partial charge in [0, 0.05) is 16.5 Å². The van der Waals surface area contributed by atoms with Crippen LogP contribution in [0, 0.1) is 5.82 Å². The second-order valence-electron chi connectivity index (χ2n) is 5.64.